The first-order valence-electron chi connectivity index (χ1n) is 6.13. The molecule has 0 aliphatic carbocycles. The summed E-state index contributed by atoms with van der Waals surface area (Å²) in [5, 5.41) is 3.12. The van der Waals surface area contributed by atoms with E-state index in [1.807, 2.05) is 25.2 Å². The Morgan fingerprint density at radius 2 is 1.84 bits per heavy atom. The number of rotatable bonds is 4. The SMILES string of the molecule is CNCc1cc(Br)cnc1Oc1cc(C)cc(C)c1. The second-order valence-electron chi connectivity index (χ2n) is 4.57. The first-order chi connectivity index (χ1) is 9.08. The second-order valence-corrected chi connectivity index (χ2v) is 5.49. The van der Waals surface area contributed by atoms with Gasteiger partial charge >= 0.3 is 0 Å². The molecule has 0 aliphatic heterocycles. The summed E-state index contributed by atoms with van der Waals surface area (Å²) < 4.78 is 6.86. The van der Waals surface area contributed by atoms with E-state index in [4.69, 9.17) is 4.74 Å². The van der Waals surface area contributed by atoms with Gasteiger partial charge in [0.05, 0.1) is 0 Å². The molecule has 0 fully saturated rings. The van der Waals surface area contributed by atoms with Crippen molar-refractivity contribution >= 4 is 15.9 Å². The third-order valence-corrected chi connectivity index (χ3v) is 3.10. The predicted molar refractivity (Wildman–Crippen MR) is 80.7 cm³/mol. The van der Waals surface area contributed by atoms with Crippen LogP contribution in [0.3, 0.4) is 0 Å². The maximum absolute atomic E-state index is 5.91. The van der Waals surface area contributed by atoms with E-state index in [1.165, 1.54) is 11.1 Å². The minimum absolute atomic E-state index is 0.641. The van der Waals surface area contributed by atoms with Crippen molar-refractivity contribution in [1.29, 1.82) is 0 Å². The molecule has 0 bridgehead atoms. The fourth-order valence-corrected chi connectivity index (χ4v) is 2.36. The van der Waals surface area contributed by atoms with Crippen LogP contribution in [0.1, 0.15) is 16.7 Å². The average Bonchev–Trinajstić information content (AvgIpc) is 2.32. The minimum Gasteiger partial charge on any atom is -0.439 e. The summed E-state index contributed by atoms with van der Waals surface area (Å²) in [5.41, 5.74) is 3.39. The zero-order valence-electron chi connectivity index (χ0n) is 11.3. The molecule has 19 heavy (non-hydrogen) atoms. The summed E-state index contributed by atoms with van der Waals surface area (Å²) in [4.78, 5) is 4.34. The smallest absolute Gasteiger partial charge is 0.223 e. The van der Waals surface area contributed by atoms with Crippen LogP contribution in [0.25, 0.3) is 0 Å². The van der Waals surface area contributed by atoms with Gasteiger partial charge in [-0.15, -0.1) is 0 Å². The molecule has 2 rings (SSSR count). The van der Waals surface area contributed by atoms with Crippen LogP contribution >= 0.6 is 15.9 Å². The Morgan fingerprint density at radius 3 is 2.47 bits per heavy atom. The average molecular weight is 321 g/mol. The Morgan fingerprint density at radius 1 is 1.16 bits per heavy atom. The van der Waals surface area contributed by atoms with Crippen molar-refractivity contribution in [3.8, 4) is 11.6 Å². The van der Waals surface area contributed by atoms with E-state index in [-0.39, 0.29) is 0 Å². The van der Waals surface area contributed by atoms with E-state index in [0.717, 1.165) is 15.8 Å². The number of hydrogen-bond acceptors (Lipinski definition) is 3. The molecule has 0 radical (unpaired) electrons. The Hall–Kier alpha value is -1.39. The monoisotopic (exact) mass is 320 g/mol. The summed E-state index contributed by atoms with van der Waals surface area (Å²) in [6, 6.07) is 8.16. The molecule has 3 nitrogen and oxygen atoms in total. The topological polar surface area (TPSA) is 34.2 Å². The number of halogens is 1. The Bertz CT molecular complexity index is 564. The third-order valence-electron chi connectivity index (χ3n) is 2.67. The molecule has 0 aliphatic rings. The first-order valence-corrected chi connectivity index (χ1v) is 6.93. The molecule has 0 amide bonds. The summed E-state index contributed by atoms with van der Waals surface area (Å²) in [6.07, 6.45) is 1.75. The third kappa shape index (κ3) is 3.78. The molecule has 1 heterocycles. The first kappa shape index (κ1) is 14.0. The van der Waals surface area contributed by atoms with Gasteiger partial charge in [0.15, 0.2) is 0 Å². The van der Waals surface area contributed by atoms with E-state index < -0.39 is 0 Å². The summed E-state index contributed by atoms with van der Waals surface area (Å²) in [7, 11) is 1.90. The predicted octanol–water partition coefficient (Wildman–Crippen LogP) is 3.97. The standard InChI is InChI=1S/C15H17BrN2O/c1-10-4-11(2)6-14(5-10)19-15-12(8-17-3)7-13(16)9-18-15/h4-7,9,17H,8H2,1-3H3. The molecule has 4 heteroatoms. The number of aryl methyl sites for hydroxylation is 2. The molecule has 1 N–H and O–H groups in total. The zero-order valence-corrected chi connectivity index (χ0v) is 12.9. The highest BCUT2D eigenvalue weighted by molar-refractivity contribution is 9.10. The van der Waals surface area contributed by atoms with E-state index in [9.17, 15) is 0 Å². The van der Waals surface area contributed by atoms with Crippen LogP contribution in [-0.4, -0.2) is 12.0 Å². The summed E-state index contributed by atoms with van der Waals surface area (Å²) in [5.74, 6) is 1.47. The number of benzene rings is 1. The Balaban J connectivity index is 2.31. The van der Waals surface area contributed by atoms with Gasteiger partial charge in [0, 0.05) is 22.8 Å². The van der Waals surface area contributed by atoms with Crippen molar-refractivity contribution in [1.82, 2.24) is 10.3 Å². The van der Waals surface area contributed by atoms with Crippen LogP contribution in [0.4, 0.5) is 0 Å². The highest BCUT2D eigenvalue weighted by atomic mass is 79.9. The number of hydrogen-bond donors (Lipinski definition) is 1. The molecular weight excluding hydrogens is 304 g/mol. The highest BCUT2D eigenvalue weighted by Crippen LogP contribution is 2.26. The van der Waals surface area contributed by atoms with Gasteiger partial charge in [0.1, 0.15) is 5.75 Å². The van der Waals surface area contributed by atoms with Gasteiger partial charge in [-0.1, -0.05) is 6.07 Å². The Kier molecular flexibility index (Phi) is 4.56. The molecule has 2 aromatic rings. The molecule has 0 atom stereocenters. The van der Waals surface area contributed by atoms with E-state index in [2.05, 4.69) is 46.1 Å². The fourth-order valence-electron chi connectivity index (χ4n) is 1.98. The largest absolute Gasteiger partial charge is 0.439 e. The van der Waals surface area contributed by atoms with Crippen molar-refractivity contribution in [3.05, 3.63) is 51.6 Å². The van der Waals surface area contributed by atoms with Crippen molar-refractivity contribution in [3.63, 3.8) is 0 Å². The van der Waals surface area contributed by atoms with Crippen molar-refractivity contribution in [2.24, 2.45) is 0 Å². The van der Waals surface area contributed by atoms with Gasteiger partial charge in [-0.2, -0.15) is 0 Å². The van der Waals surface area contributed by atoms with Crippen molar-refractivity contribution < 1.29 is 4.74 Å². The molecule has 1 aromatic carbocycles. The van der Waals surface area contributed by atoms with Gasteiger partial charge in [-0.05, 0) is 66.2 Å². The lowest BCUT2D eigenvalue weighted by atomic mass is 10.1. The quantitative estimate of drug-likeness (QED) is 0.925. The number of pyridine rings is 1. The Labute approximate surface area is 122 Å². The molecule has 0 spiro atoms. The molecule has 0 unspecified atom stereocenters. The van der Waals surface area contributed by atoms with Gasteiger partial charge in [0.2, 0.25) is 5.88 Å². The van der Waals surface area contributed by atoms with E-state index in [0.29, 0.717) is 12.4 Å². The lowest BCUT2D eigenvalue weighted by Gasteiger charge is -2.11. The van der Waals surface area contributed by atoms with Crippen LogP contribution in [0.5, 0.6) is 11.6 Å². The lowest BCUT2D eigenvalue weighted by molar-refractivity contribution is 0.453. The normalized spacial score (nSPS) is 10.5. The molecule has 1 aromatic heterocycles. The number of ether oxygens (including phenoxy) is 1. The van der Waals surface area contributed by atoms with Crippen LogP contribution in [0, 0.1) is 13.8 Å². The van der Waals surface area contributed by atoms with E-state index in [1.54, 1.807) is 6.20 Å². The fraction of sp³-hybridized carbons (Fsp3) is 0.267. The number of aromatic nitrogens is 1. The highest BCUT2D eigenvalue weighted by Gasteiger charge is 2.07. The second kappa shape index (κ2) is 6.17. The van der Waals surface area contributed by atoms with Crippen LogP contribution in [-0.2, 0) is 6.54 Å². The van der Waals surface area contributed by atoms with E-state index >= 15 is 0 Å². The maximum Gasteiger partial charge on any atom is 0.223 e. The molecule has 100 valence electrons. The zero-order chi connectivity index (χ0) is 13.8. The molecule has 0 saturated carbocycles. The van der Waals surface area contributed by atoms with Crippen LogP contribution < -0.4 is 10.1 Å². The van der Waals surface area contributed by atoms with Crippen LogP contribution in [0.15, 0.2) is 34.9 Å². The maximum atomic E-state index is 5.91. The van der Waals surface area contributed by atoms with Crippen molar-refractivity contribution in [2.45, 2.75) is 20.4 Å². The van der Waals surface area contributed by atoms with Gasteiger partial charge in [-0.25, -0.2) is 4.98 Å². The summed E-state index contributed by atoms with van der Waals surface area (Å²) >= 11 is 3.43. The molecule has 0 saturated heterocycles. The number of nitrogens with one attached hydrogen (secondary N) is 1. The van der Waals surface area contributed by atoms with Crippen LogP contribution in [0.2, 0.25) is 0 Å². The lowest BCUT2D eigenvalue weighted by Crippen LogP contribution is -2.07. The number of nitrogens with zero attached hydrogens (tertiary/aromatic N) is 1. The summed E-state index contributed by atoms with van der Waals surface area (Å²) in [6.45, 7) is 4.83. The minimum atomic E-state index is 0.641. The van der Waals surface area contributed by atoms with Crippen molar-refractivity contribution in [2.75, 3.05) is 7.05 Å². The van der Waals surface area contributed by atoms with Gasteiger partial charge in [0.25, 0.3) is 0 Å². The van der Waals surface area contributed by atoms with Gasteiger partial charge in [-0.3, -0.25) is 0 Å². The molecular formula is C15H17BrN2O. The van der Waals surface area contributed by atoms with Gasteiger partial charge < -0.3 is 10.1 Å².